The number of halogens is 2. The number of hydrogen-bond acceptors (Lipinski definition) is 3. The minimum absolute atomic E-state index is 0.115. The summed E-state index contributed by atoms with van der Waals surface area (Å²) in [6.07, 6.45) is 4.77. The van der Waals surface area contributed by atoms with E-state index in [9.17, 15) is 13.6 Å². The molecular weight excluding hydrogens is 476 g/mol. The third kappa shape index (κ3) is 9.25. The summed E-state index contributed by atoms with van der Waals surface area (Å²) < 4.78 is 27.8. The van der Waals surface area contributed by atoms with E-state index in [1.807, 2.05) is 12.1 Å². The van der Waals surface area contributed by atoms with Crippen molar-refractivity contribution in [1.29, 1.82) is 0 Å². The van der Waals surface area contributed by atoms with E-state index in [1.165, 1.54) is 28.2 Å². The van der Waals surface area contributed by atoms with Gasteiger partial charge in [0.25, 0.3) is 0 Å². The summed E-state index contributed by atoms with van der Waals surface area (Å²) in [4.78, 5) is 11.8. The zero-order valence-electron chi connectivity index (χ0n) is 20.8. The molecule has 0 spiro atoms. The maximum Gasteiger partial charge on any atom is 0.304 e. The van der Waals surface area contributed by atoms with Crippen LogP contribution in [0.4, 0.5) is 8.78 Å². The highest BCUT2D eigenvalue weighted by molar-refractivity contribution is 7.99. The first-order valence-electron chi connectivity index (χ1n) is 12.2. The number of thioether (sulfide) groups is 1. The lowest BCUT2D eigenvalue weighted by molar-refractivity contribution is -0.136. The topological polar surface area (TPSA) is 49.3 Å². The largest absolute Gasteiger partial charge is 0.481 e. The summed E-state index contributed by atoms with van der Waals surface area (Å²) in [6, 6.07) is 18.2. The van der Waals surface area contributed by atoms with Crippen LogP contribution in [0.1, 0.15) is 53.5 Å². The van der Waals surface area contributed by atoms with Gasteiger partial charge in [0.05, 0.1) is 6.42 Å². The van der Waals surface area contributed by atoms with Crippen LogP contribution in [0, 0.1) is 25.5 Å². The number of carboxylic acids is 1. The molecule has 3 nitrogen and oxygen atoms in total. The third-order valence-electron chi connectivity index (χ3n) is 5.98. The first kappa shape index (κ1) is 27.6. The fourth-order valence-electron chi connectivity index (χ4n) is 3.83. The second-order valence-electron chi connectivity index (χ2n) is 8.94. The Hall–Kier alpha value is -2.96. The van der Waals surface area contributed by atoms with E-state index in [0.29, 0.717) is 18.7 Å². The van der Waals surface area contributed by atoms with Crippen LogP contribution in [0.2, 0.25) is 0 Å². The fraction of sp³-hybridized carbons (Fsp3) is 0.300. The lowest BCUT2D eigenvalue weighted by atomic mass is 9.96. The molecule has 0 saturated heterocycles. The number of aliphatic carboxylic acids is 1. The van der Waals surface area contributed by atoms with Gasteiger partial charge in [-0.2, -0.15) is 0 Å². The molecular formula is C30H33F2NO2S. The average molecular weight is 510 g/mol. The molecule has 36 heavy (non-hydrogen) atoms. The molecule has 0 bridgehead atoms. The van der Waals surface area contributed by atoms with Crippen LogP contribution in [0.3, 0.4) is 0 Å². The monoisotopic (exact) mass is 509 g/mol. The Labute approximate surface area is 216 Å². The van der Waals surface area contributed by atoms with Gasteiger partial charge in [-0.15, -0.1) is 11.8 Å². The molecule has 0 unspecified atom stereocenters. The van der Waals surface area contributed by atoms with Gasteiger partial charge in [0.1, 0.15) is 11.6 Å². The molecule has 0 aliphatic rings. The summed E-state index contributed by atoms with van der Waals surface area (Å²) in [5.74, 6) is -0.977. The number of benzene rings is 3. The van der Waals surface area contributed by atoms with Gasteiger partial charge in [0.2, 0.25) is 0 Å². The second kappa shape index (κ2) is 14.0. The molecule has 0 atom stereocenters. The van der Waals surface area contributed by atoms with Crippen molar-refractivity contribution in [3.8, 4) is 0 Å². The molecule has 2 N–H and O–H groups in total. The average Bonchev–Trinajstić information content (AvgIpc) is 2.83. The predicted octanol–water partition coefficient (Wildman–Crippen LogP) is 7.65. The highest BCUT2D eigenvalue weighted by Gasteiger charge is 2.08. The zero-order valence-corrected chi connectivity index (χ0v) is 21.6. The minimum atomic E-state index is -0.801. The number of allylic oxidation sites excluding steroid dienone is 1. The van der Waals surface area contributed by atoms with Gasteiger partial charge in [-0.05, 0) is 96.5 Å². The summed E-state index contributed by atoms with van der Waals surface area (Å²) in [5.41, 5.74) is 6.07. The molecule has 3 aromatic rings. The molecule has 3 aromatic carbocycles. The van der Waals surface area contributed by atoms with Gasteiger partial charge < -0.3 is 10.4 Å². The molecule has 0 heterocycles. The van der Waals surface area contributed by atoms with E-state index < -0.39 is 17.6 Å². The van der Waals surface area contributed by atoms with Crippen molar-refractivity contribution in [2.75, 3.05) is 12.3 Å². The highest BCUT2D eigenvalue weighted by atomic mass is 32.2. The number of carboxylic acid groups (broad SMARTS) is 1. The Morgan fingerprint density at radius 3 is 2.31 bits per heavy atom. The van der Waals surface area contributed by atoms with Crippen LogP contribution in [0.5, 0.6) is 0 Å². The Morgan fingerprint density at radius 1 is 0.917 bits per heavy atom. The van der Waals surface area contributed by atoms with Crippen LogP contribution in [0.25, 0.3) is 11.6 Å². The summed E-state index contributed by atoms with van der Waals surface area (Å²) in [5, 5.41) is 11.8. The molecule has 0 saturated carbocycles. The lowest BCUT2D eigenvalue weighted by Gasteiger charge is -2.11. The normalized spacial score (nSPS) is 11.6. The smallest absolute Gasteiger partial charge is 0.304 e. The molecule has 6 heteroatoms. The molecule has 0 fully saturated rings. The van der Waals surface area contributed by atoms with Crippen molar-refractivity contribution < 1.29 is 18.7 Å². The van der Waals surface area contributed by atoms with Gasteiger partial charge in [-0.3, -0.25) is 4.79 Å². The van der Waals surface area contributed by atoms with Gasteiger partial charge in [0.15, 0.2) is 0 Å². The third-order valence-corrected chi connectivity index (χ3v) is 7.08. The van der Waals surface area contributed by atoms with E-state index in [2.05, 4.69) is 55.6 Å². The maximum absolute atomic E-state index is 13.9. The Kier molecular flexibility index (Phi) is 10.7. The van der Waals surface area contributed by atoms with Crippen molar-refractivity contribution >= 4 is 29.4 Å². The van der Waals surface area contributed by atoms with Crippen molar-refractivity contribution in [1.82, 2.24) is 5.32 Å². The van der Waals surface area contributed by atoms with Gasteiger partial charge in [0, 0.05) is 24.1 Å². The minimum Gasteiger partial charge on any atom is -0.481 e. The van der Waals surface area contributed by atoms with E-state index in [4.69, 9.17) is 5.11 Å². The van der Waals surface area contributed by atoms with Crippen LogP contribution in [0.15, 0.2) is 65.6 Å². The van der Waals surface area contributed by atoms with Crippen molar-refractivity contribution in [3.05, 3.63) is 100 Å². The summed E-state index contributed by atoms with van der Waals surface area (Å²) in [6.45, 7) is 5.23. The molecule has 190 valence electrons. The Balaban J connectivity index is 1.54. The molecule has 0 amide bonds. The summed E-state index contributed by atoms with van der Waals surface area (Å²) >= 11 is 1.78. The highest BCUT2D eigenvalue weighted by Crippen LogP contribution is 2.27. The Morgan fingerprint density at radius 2 is 1.64 bits per heavy atom. The van der Waals surface area contributed by atoms with Crippen molar-refractivity contribution in [3.63, 3.8) is 0 Å². The number of unbranched alkanes of at least 4 members (excludes halogenated alkanes) is 1. The molecule has 0 aromatic heterocycles. The van der Waals surface area contributed by atoms with Crippen molar-refractivity contribution in [2.45, 2.75) is 51.0 Å². The molecule has 0 radical (unpaired) electrons. The van der Waals surface area contributed by atoms with Gasteiger partial charge >= 0.3 is 5.97 Å². The Bertz CT molecular complexity index is 1170. The van der Waals surface area contributed by atoms with Crippen LogP contribution < -0.4 is 5.32 Å². The number of hydrogen-bond donors (Lipinski definition) is 2. The van der Waals surface area contributed by atoms with Crippen LogP contribution in [-0.4, -0.2) is 23.4 Å². The first-order chi connectivity index (χ1) is 17.3. The van der Waals surface area contributed by atoms with E-state index in [1.54, 1.807) is 11.8 Å². The maximum atomic E-state index is 13.9. The number of aryl methyl sites for hydroxylation is 2. The zero-order chi connectivity index (χ0) is 25.9. The van der Waals surface area contributed by atoms with Gasteiger partial charge in [-0.25, -0.2) is 8.78 Å². The first-order valence-corrected chi connectivity index (χ1v) is 13.2. The van der Waals surface area contributed by atoms with E-state index in [-0.39, 0.29) is 6.42 Å². The molecule has 3 rings (SSSR count). The van der Waals surface area contributed by atoms with E-state index in [0.717, 1.165) is 47.8 Å². The fourth-order valence-corrected chi connectivity index (χ4v) is 4.75. The van der Waals surface area contributed by atoms with E-state index >= 15 is 0 Å². The van der Waals surface area contributed by atoms with Crippen LogP contribution in [-0.2, 0) is 11.3 Å². The number of nitrogens with one attached hydrogen (secondary N) is 1. The molecule has 0 aliphatic heterocycles. The predicted molar refractivity (Wildman–Crippen MR) is 145 cm³/mol. The second-order valence-corrected chi connectivity index (χ2v) is 10.1. The van der Waals surface area contributed by atoms with Crippen molar-refractivity contribution in [2.24, 2.45) is 0 Å². The number of carbonyl (C=O) groups is 1. The molecule has 0 aliphatic carbocycles. The summed E-state index contributed by atoms with van der Waals surface area (Å²) in [7, 11) is 0. The standard InChI is InChI=1S/C30H33F2NO2S/c1-21-6-7-24(15-22(21)2)16-25(26-17-27(31)19-28(32)18-26)5-3-4-14-36-29-10-8-23(9-11-29)20-33-13-12-30(34)35/h6-11,15-19,33H,3-5,12-14,20H2,1-2H3,(H,34,35)/b25-16-. The quantitative estimate of drug-likeness (QED) is 0.141. The van der Waals surface area contributed by atoms with Gasteiger partial charge in [-0.1, -0.05) is 36.4 Å². The SMILES string of the molecule is Cc1ccc(/C=C(/CCCCSc2ccc(CNCCC(=O)O)cc2)c2cc(F)cc(F)c2)cc1C. The van der Waals surface area contributed by atoms with Crippen LogP contribution >= 0.6 is 11.8 Å². The lowest BCUT2D eigenvalue weighted by Crippen LogP contribution is -2.17. The number of rotatable bonds is 13.